The number of piperidine rings is 1. The number of hydrogen-bond acceptors (Lipinski definition) is 8. The van der Waals surface area contributed by atoms with E-state index in [4.69, 9.17) is 10.4 Å². The van der Waals surface area contributed by atoms with Gasteiger partial charge in [-0.1, -0.05) is 12.1 Å². The molecule has 1 atom stereocenters. The smallest absolute Gasteiger partial charge is 0.395 e. The quantitative estimate of drug-likeness (QED) is 0.330. The van der Waals surface area contributed by atoms with Crippen LogP contribution in [0.1, 0.15) is 55.5 Å². The highest BCUT2D eigenvalue weighted by Crippen LogP contribution is 2.34. The number of benzene rings is 1. The molecule has 3 N–H and O–H groups in total. The molecule has 0 radical (unpaired) electrons. The van der Waals surface area contributed by atoms with E-state index in [0.29, 0.717) is 63.3 Å². The van der Waals surface area contributed by atoms with E-state index in [-0.39, 0.29) is 50.1 Å². The van der Waals surface area contributed by atoms with Crippen LogP contribution in [-0.2, 0) is 22.2 Å². The van der Waals surface area contributed by atoms with Gasteiger partial charge in [0.25, 0.3) is 0 Å². The number of hydrogen-bond donors (Lipinski definition) is 3. The third kappa shape index (κ3) is 9.46. The van der Waals surface area contributed by atoms with Crippen LogP contribution in [0.3, 0.4) is 0 Å². The van der Waals surface area contributed by atoms with Crippen LogP contribution in [0.15, 0.2) is 30.3 Å². The standard InChI is InChI=1S/C29H36F3N7O3.H2S/c30-29(31,32)28-36-24(38-14-9-20(10-15-38)2-1-3-26(41)34-13-17-40)18-25(37-28)39-16-11-23(39)27(42)35-12-8-21-4-6-22(19-33)7-5-21;/h4-7,18,20,23,40H,1-3,8-17H2,(H,34,41)(H,35,42);1H2/t23-;/m0./s1. The molecular formula is C29H38F3N7O3S. The maximum Gasteiger partial charge on any atom is 0.451 e. The van der Waals surface area contributed by atoms with E-state index in [2.05, 4.69) is 26.7 Å². The van der Waals surface area contributed by atoms with Gasteiger partial charge in [0.1, 0.15) is 17.7 Å². The molecule has 2 saturated heterocycles. The van der Waals surface area contributed by atoms with Crippen molar-refractivity contribution in [2.75, 3.05) is 49.1 Å². The fraction of sp³-hybridized carbons (Fsp3) is 0.552. The number of nitrogens with one attached hydrogen (secondary N) is 2. The number of nitrogens with zero attached hydrogens (tertiary/aromatic N) is 5. The second-order valence-electron chi connectivity index (χ2n) is 10.6. The lowest BCUT2D eigenvalue weighted by atomic mass is 9.91. The number of amides is 2. The number of nitriles is 1. The summed E-state index contributed by atoms with van der Waals surface area (Å²) in [7, 11) is 0. The monoisotopic (exact) mass is 621 g/mol. The van der Waals surface area contributed by atoms with Crippen molar-refractivity contribution in [1.29, 1.82) is 5.26 Å². The predicted molar refractivity (Wildman–Crippen MR) is 160 cm³/mol. The molecule has 1 aromatic heterocycles. The Kier molecular flexibility index (Phi) is 12.4. The Bertz CT molecular complexity index is 1270. The van der Waals surface area contributed by atoms with E-state index in [9.17, 15) is 22.8 Å². The summed E-state index contributed by atoms with van der Waals surface area (Å²) in [6, 6.07) is 10.0. The Hall–Kier alpha value is -3.57. The number of carbonyl (C=O) groups is 2. The first kappa shape index (κ1) is 33.9. The van der Waals surface area contributed by atoms with Crippen LogP contribution in [0.5, 0.6) is 0 Å². The first-order valence-corrected chi connectivity index (χ1v) is 14.3. The third-order valence-corrected chi connectivity index (χ3v) is 7.75. The van der Waals surface area contributed by atoms with Gasteiger partial charge in [-0.15, -0.1) is 0 Å². The predicted octanol–water partition coefficient (Wildman–Crippen LogP) is 2.91. The number of aromatic nitrogens is 2. The van der Waals surface area contributed by atoms with Crippen LogP contribution in [-0.4, -0.2) is 72.3 Å². The molecule has 43 heavy (non-hydrogen) atoms. The van der Waals surface area contributed by atoms with Crippen LogP contribution >= 0.6 is 13.5 Å². The minimum absolute atomic E-state index is 0. The summed E-state index contributed by atoms with van der Waals surface area (Å²) in [4.78, 5) is 35.7. The molecule has 0 bridgehead atoms. The largest absolute Gasteiger partial charge is 0.451 e. The lowest BCUT2D eigenvalue weighted by Gasteiger charge is -2.41. The molecule has 3 heterocycles. The van der Waals surface area contributed by atoms with E-state index >= 15 is 0 Å². The highest BCUT2D eigenvalue weighted by atomic mass is 32.1. The van der Waals surface area contributed by atoms with Crippen molar-refractivity contribution in [3.63, 3.8) is 0 Å². The number of anilines is 2. The highest BCUT2D eigenvalue weighted by molar-refractivity contribution is 7.59. The summed E-state index contributed by atoms with van der Waals surface area (Å²) in [6.07, 6.45) is -0.184. The molecule has 2 aliphatic heterocycles. The van der Waals surface area contributed by atoms with Crippen molar-refractivity contribution < 1.29 is 27.9 Å². The lowest BCUT2D eigenvalue weighted by molar-refractivity contribution is -0.144. The molecular weight excluding hydrogens is 583 g/mol. The Morgan fingerprint density at radius 3 is 2.33 bits per heavy atom. The minimum Gasteiger partial charge on any atom is -0.395 e. The highest BCUT2D eigenvalue weighted by Gasteiger charge is 2.40. The summed E-state index contributed by atoms with van der Waals surface area (Å²) >= 11 is 0. The number of carbonyl (C=O) groups excluding carboxylic acids is 2. The minimum atomic E-state index is -4.73. The summed E-state index contributed by atoms with van der Waals surface area (Å²) < 4.78 is 41.3. The van der Waals surface area contributed by atoms with Gasteiger partial charge in [0.2, 0.25) is 17.6 Å². The van der Waals surface area contributed by atoms with Gasteiger partial charge in [0.15, 0.2) is 0 Å². The van der Waals surface area contributed by atoms with Crippen LogP contribution in [0.2, 0.25) is 0 Å². The van der Waals surface area contributed by atoms with Crippen LogP contribution in [0, 0.1) is 17.2 Å². The summed E-state index contributed by atoms with van der Waals surface area (Å²) in [5.41, 5.74) is 1.51. The van der Waals surface area contributed by atoms with Gasteiger partial charge < -0.3 is 25.5 Å². The van der Waals surface area contributed by atoms with Crippen molar-refractivity contribution in [1.82, 2.24) is 20.6 Å². The normalized spacial score (nSPS) is 17.0. The lowest BCUT2D eigenvalue weighted by Crippen LogP contribution is -2.57. The van der Waals surface area contributed by atoms with Gasteiger partial charge in [-0.25, -0.2) is 9.97 Å². The second kappa shape index (κ2) is 15.8. The topological polar surface area (TPSA) is 134 Å². The fourth-order valence-electron chi connectivity index (χ4n) is 5.27. The van der Waals surface area contributed by atoms with Crippen LogP contribution in [0.4, 0.5) is 24.8 Å². The van der Waals surface area contributed by atoms with Gasteiger partial charge in [-0.05, 0) is 62.1 Å². The summed E-state index contributed by atoms with van der Waals surface area (Å²) in [5, 5.41) is 23.2. The van der Waals surface area contributed by atoms with Crippen LogP contribution < -0.4 is 20.4 Å². The van der Waals surface area contributed by atoms with Crippen molar-refractivity contribution in [2.24, 2.45) is 5.92 Å². The molecule has 14 heteroatoms. The van der Waals surface area contributed by atoms with Crippen LogP contribution in [0.25, 0.3) is 0 Å². The van der Waals surface area contributed by atoms with Crippen molar-refractivity contribution in [3.8, 4) is 6.07 Å². The number of halogens is 3. The van der Waals surface area contributed by atoms with Gasteiger partial charge in [0, 0.05) is 45.2 Å². The van der Waals surface area contributed by atoms with E-state index in [1.165, 1.54) is 6.07 Å². The Morgan fingerprint density at radius 2 is 1.72 bits per heavy atom. The van der Waals surface area contributed by atoms with Gasteiger partial charge in [0.05, 0.1) is 18.2 Å². The number of alkyl halides is 3. The molecule has 234 valence electrons. The van der Waals surface area contributed by atoms with E-state index in [0.717, 1.165) is 24.8 Å². The molecule has 10 nitrogen and oxygen atoms in total. The maximum atomic E-state index is 13.8. The average molecular weight is 622 g/mol. The van der Waals surface area contributed by atoms with E-state index < -0.39 is 18.0 Å². The molecule has 0 spiro atoms. The first-order chi connectivity index (χ1) is 20.2. The zero-order valence-corrected chi connectivity index (χ0v) is 24.9. The fourth-order valence-corrected chi connectivity index (χ4v) is 5.27. The number of aliphatic hydroxyl groups excluding tert-OH is 1. The van der Waals surface area contributed by atoms with E-state index in [1.807, 2.05) is 17.0 Å². The molecule has 2 aliphatic rings. The SMILES string of the molecule is N#Cc1ccc(CCNC(=O)[C@@H]2CCN2c2cc(N3CCC(CCCC(=O)NCCO)CC3)nc(C(F)(F)F)n2)cc1.S. The number of rotatable bonds is 12. The molecule has 4 rings (SSSR count). The van der Waals surface area contributed by atoms with Crippen molar-refractivity contribution in [3.05, 3.63) is 47.3 Å². The maximum absolute atomic E-state index is 13.8. The Morgan fingerprint density at radius 1 is 1.02 bits per heavy atom. The van der Waals surface area contributed by atoms with Crippen molar-refractivity contribution in [2.45, 2.75) is 57.2 Å². The van der Waals surface area contributed by atoms with Gasteiger partial charge >= 0.3 is 6.18 Å². The zero-order chi connectivity index (χ0) is 30.1. The number of aliphatic hydroxyl groups is 1. The third-order valence-electron chi connectivity index (χ3n) is 7.75. The molecule has 0 saturated carbocycles. The molecule has 0 aliphatic carbocycles. The average Bonchev–Trinajstić information content (AvgIpc) is 2.95. The molecule has 2 amide bonds. The van der Waals surface area contributed by atoms with E-state index in [1.54, 1.807) is 17.0 Å². The summed E-state index contributed by atoms with van der Waals surface area (Å²) in [6.45, 7) is 1.98. The molecule has 1 aromatic carbocycles. The van der Waals surface area contributed by atoms with Gasteiger partial charge in [-0.3, -0.25) is 9.59 Å². The van der Waals surface area contributed by atoms with Gasteiger partial charge in [-0.2, -0.15) is 31.9 Å². The molecule has 0 unspecified atom stereocenters. The second-order valence-corrected chi connectivity index (χ2v) is 10.6. The Labute approximate surface area is 256 Å². The Balaban J connectivity index is 0.00000506. The van der Waals surface area contributed by atoms with Crippen molar-refractivity contribution >= 4 is 36.9 Å². The first-order valence-electron chi connectivity index (χ1n) is 14.3. The summed E-state index contributed by atoms with van der Waals surface area (Å²) in [5.74, 6) is -0.947. The molecule has 2 aromatic rings. The zero-order valence-electron chi connectivity index (χ0n) is 23.9. The molecule has 2 fully saturated rings.